The number of nitrogens with zero attached hydrogens (tertiary/aromatic N) is 2. The van der Waals surface area contributed by atoms with Crippen LogP contribution < -0.4 is 14.2 Å². The van der Waals surface area contributed by atoms with E-state index in [2.05, 4.69) is 9.82 Å². The second-order valence-electron chi connectivity index (χ2n) is 4.55. The summed E-state index contributed by atoms with van der Waals surface area (Å²) in [4.78, 5) is 0.148. The zero-order valence-corrected chi connectivity index (χ0v) is 13.6. The topological polar surface area (TPSA) is 82.5 Å². The molecule has 1 heterocycles. The molecule has 7 nitrogen and oxygen atoms in total. The molecule has 2 rings (SSSR count). The van der Waals surface area contributed by atoms with Crippen molar-refractivity contribution in [3.63, 3.8) is 0 Å². The van der Waals surface area contributed by atoms with Gasteiger partial charge in [0.25, 0.3) is 0 Å². The smallest absolute Gasteiger partial charge is 0.243 e. The van der Waals surface area contributed by atoms with E-state index in [-0.39, 0.29) is 11.4 Å². The van der Waals surface area contributed by atoms with E-state index in [4.69, 9.17) is 9.47 Å². The first-order valence-electron chi connectivity index (χ1n) is 6.73. The van der Waals surface area contributed by atoms with Gasteiger partial charge in [-0.3, -0.25) is 4.68 Å². The van der Waals surface area contributed by atoms with Crippen LogP contribution in [0.1, 0.15) is 12.5 Å². The van der Waals surface area contributed by atoms with Crippen molar-refractivity contribution < 1.29 is 17.9 Å². The Labute approximate surface area is 129 Å². The van der Waals surface area contributed by atoms with Gasteiger partial charge in [-0.1, -0.05) is 6.07 Å². The van der Waals surface area contributed by atoms with Crippen molar-refractivity contribution in [1.82, 2.24) is 14.5 Å². The number of hydrogen-bond donors (Lipinski definition) is 1. The van der Waals surface area contributed by atoms with E-state index in [0.29, 0.717) is 18.0 Å². The maximum Gasteiger partial charge on any atom is 0.243 e. The van der Waals surface area contributed by atoms with Gasteiger partial charge in [-0.15, -0.1) is 0 Å². The van der Waals surface area contributed by atoms with Gasteiger partial charge in [0.15, 0.2) is 11.5 Å². The molecule has 0 spiro atoms. The number of aromatic nitrogens is 2. The number of sulfonamides is 1. The highest BCUT2D eigenvalue weighted by molar-refractivity contribution is 7.89. The molecule has 0 radical (unpaired) electrons. The van der Waals surface area contributed by atoms with Gasteiger partial charge in [-0.2, -0.15) is 5.10 Å². The second kappa shape index (κ2) is 6.80. The maximum atomic E-state index is 12.2. The molecule has 1 aromatic heterocycles. The molecule has 0 aliphatic carbocycles. The van der Waals surface area contributed by atoms with Crippen molar-refractivity contribution in [2.45, 2.75) is 24.9 Å². The summed E-state index contributed by atoms with van der Waals surface area (Å²) in [5.41, 5.74) is 0.768. The van der Waals surface area contributed by atoms with Crippen LogP contribution in [0.4, 0.5) is 0 Å². The molecule has 0 fully saturated rings. The van der Waals surface area contributed by atoms with E-state index < -0.39 is 10.0 Å². The van der Waals surface area contributed by atoms with Gasteiger partial charge < -0.3 is 9.47 Å². The lowest BCUT2D eigenvalue weighted by Crippen LogP contribution is -2.22. The zero-order chi connectivity index (χ0) is 16.2. The Hall–Kier alpha value is -2.06. The number of ether oxygens (including phenoxy) is 2. The van der Waals surface area contributed by atoms with E-state index >= 15 is 0 Å². The molecule has 0 aliphatic heterocycles. The summed E-state index contributed by atoms with van der Waals surface area (Å²) < 4.78 is 38.8. The Kier molecular flexibility index (Phi) is 5.04. The molecule has 8 heteroatoms. The molecule has 1 aromatic carbocycles. The third kappa shape index (κ3) is 3.58. The van der Waals surface area contributed by atoms with Crippen molar-refractivity contribution in [2.24, 2.45) is 0 Å². The Morgan fingerprint density at radius 2 is 1.95 bits per heavy atom. The largest absolute Gasteiger partial charge is 0.493 e. The lowest BCUT2D eigenvalue weighted by atomic mass is 10.2. The van der Waals surface area contributed by atoms with E-state index in [1.165, 1.54) is 19.5 Å². The summed E-state index contributed by atoms with van der Waals surface area (Å²) in [6.07, 6.45) is 2.83. The average molecular weight is 325 g/mol. The Morgan fingerprint density at radius 3 is 2.55 bits per heavy atom. The quantitative estimate of drug-likeness (QED) is 0.832. The summed E-state index contributed by atoms with van der Waals surface area (Å²) in [5, 5.41) is 3.97. The van der Waals surface area contributed by atoms with Crippen LogP contribution in [-0.4, -0.2) is 32.4 Å². The summed E-state index contributed by atoms with van der Waals surface area (Å²) in [5.74, 6) is 1.15. The van der Waals surface area contributed by atoms with Crippen LogP contribution in [-0.2, 0) is 23.1 Å². The molecule has 120 valence electrons. The van der Waals surface area contributed by atoms with Gasteiger partial charge in [0.2, 0.25) is 10.0 Å². The van der Waals surface area contributed by atoms with Crippen LogP contribution in [0.2, 0.25) is 0 Å². The summed E-state index contributed by atoms with van der Waals surface area (Å²) in [6.45, 7) is 2.66. The highest BCUT2D eigenvalue weighted by Gasteiger charge is 2.16. The first kappa shape index (κ1) is 16.3. The normalized spacial score (nSPS) is 11.4. The minimum Gasteiger partial charge on any atom is -0.493 e. The third-order valence-corrected chi connectivity index (χ3v) is 4.51. The van der Waals surface area contributed by atoms with Gasteiger partial charge in [0, 0.05) is 19.3 Å². The molecular weight excluding hydrogens is 306 g/mol. The maximum absolute atomic E-state index is 12.2. The predicted molar refractivity (Wildman–Crippen MR) is 81.5 cm³/mol. The van der Waals surface area contributed by atoms with Gasteiger partial charge in [-0.05, 0) is 24.6 Å². The average Bonchev–Trinajstić information content (AvgIpc) is 3.02. The molecule has 0 saturated carbocycles. The van der Waals surface area contributed by atoms with Crippen LogP contribution in [0.5, 0.6) is 11.5 Å². The van der Waals surface area contributed by atoms with Crippen molar-refractivity contribution in [2.75, 3.05) is 14.2 Å². The predicted octanol–water partition coefficient (Wildman–Crippen LogP) is 1.40. The Bertz CT molecular complexity index is 740. The zero-order valence-electron chi connectivity index (χ0n) is 12.7. The monoisotopic (exact) mass is 325 g/mol. The fourth-order valence-corrected chi connectivity index (χ4v) is 2.88. The summed E-state index contributed by atoms with van der Waals surface area (Å²) in [7, 11) is -0.508. The first-order chi connectivity index (χ1) is 10.5. The molecule has 0 aliphatic rings. The summed E-state index contributed by atoms with van der Waals surface area (Å²) >= 11 is 0. The van der Waals surface area contributed by atoms with Gasteiger partial charge in [0.1, 0.15) is 4.90 Å². The Balaban J connectivity index is 2.11. The van der Waals surface area contributed by atoms with E-state index in [1.807, 2.05) is 6.92 Å². The van der Waals surface area contributed by atoms with Gasteiger partial charge >= 0.3 is 0 Å². The first-order valence-corrected chi connectivity index (χ1v) is 8.21. The van der Waals surface area contributed by atoms with Gasteiger partial charge in [-0.25, -0.2) is 13.1 Å². The number of benzene rings is 1. The second-order valence-corrected chi connectivity index (χ2v) is 6.31. The number of nitrogens with one attached hydrogen (secondary N) is 1. The van der Waals surface area contributed by atoms with Crippen LogP contribution in [0.15, 0.2) is 35.5 Å². The molecule has 22 heavy (non-hydrogen) atoms. The van der Waals surface area contributed by atoms with Crippen LogP contribution in [0.3, 0.4) is 0 Å². The lowest BCUT2D eigenvalue weighted by Gasteiger charge is -2.10. The van der Waals surface area contributed by atoms with Gasteiger partial charge in [0.05, 0.1) is 20.4 Å². The Morgan fingerprint density at radius 1 is 1.23 bits per heavy atom. The lowest BCUT2D eigenvalue weighted by molar-refractivity contribution is 0.354. The standard InChI is InChI=1S/C14H19N3O4S/c1-4-17-10-12(9-15-17)22(18,19)16-8-11-5-6-13(20-2)14(7-11)21-3/h5-7,9-10,16H,4,8H2,1-3H3. The van der Waals surface area contributed by atoms with Crippen molar-refractivity contribution >= 4 is 10.0 Å². The summed E-state index contributed by atoms with van der Waals surface area (Å²) in [6, 6.07) is 5.24. The highest BCUT2D eigenvalue weighted by atomic mass is 32.2. The van der Waals surface area contributed by atoms with Crippen molar-refractivity contribution in [1.29, 1.82) is 0 Å². The molecular formula is C14H19N3O4S. The SMILES string of the molecule is CCn1cc(S(=O)(=O)NCc2ccc(OC)c(OC)c2)cn1. The molecule has 2 aromatic rings. The number of methoxy groups -OCH3 is 2. The highest BCUT2D eigenvalue weighted by Crippen LogP contribution is 2.27. The minimum atomic E-state index is -3.59. The van der Waals surface area contributed by atoms with Crippen molar-refractivity contribution in [3.8, 4) is 11.5 Å². The van der Waals surface area contributed by atoms with E-state index in [0.717, 1.165) is 5.56 Å². The molecule has 0 unspecified atom stereocenters. The van der Waals surface area contributed by atoms with E-state index in [9.17, 15) is 8.42 Å². The van der Waals surface area contributed by atoms with Crippen LogP contribution in [0, 0.1) is 0 Å². The molecule has 0 saturated heterocycles. The number of aryl methyl sites for hydroxylation is 1. The number of hydrogen-bond acceptors (Lipinski definition) is 5. The molecule has 0 bridgehead atoms. The molecule has 1 N–H and O–H groups in total. The molecule has 0 amide bonds. The van der Waals surface area contributed by atoms with Crippen molar-refractivity contribution in [3.05, 3.63) is 36.2 Å². The van der Waals surface area contributed by atoms with Crippen LogP contribution in [0.25, 0.3) is 0 Å². The third-order valence-electron chi connectivity index (χ3n) is 3.16. The fraction of sp³-hybridized carbons (Fsp3) is 0.357. The number of rotatable bonds is 7. The minimum absolute atomic E-state index is 0.148. The fourth-order valence-electron chi connectivity index (χ4n) is 1.91. The molecule has 0 atom stereocenters. The van der Waals surface area contributed by atoms with Crippen LogP contribution >= 0.6 is 0 Å². The van der Waals surface area contributed by atoms with E-state index in [1.54, 1.807) is 30.0 Å².